The average Bonchev–Trinajstić information content (AvgIpc) is 2.28. The summed E-state index contributed by atoms with van der Waals surface area (Å²) in [6.45, 7) is 3.65. The van der Waals surface area contributed by atoms with E-state index in [1.54, 1.807) is 24.3 Å². The van der Waals surface area contributed by atoms with Crippen molar-refractivity contribution in [3.63, 3.8) is 0 Å². The molecule has 2 aromatic rings. The van der Waals surface area contributed by atoms with E-state index in [0.29, 0.717) is 22.0 Å². The maximum atomic E-state index is 11.9. The minimum absolute atomic E-state index is 0.0829. The zero-order valence-electron chi connectivity index (χ0n) is 10.1. The molecule has 1 aromatic carbocycles. The Hall–Kier alpha value is -1.81. The molecule has 0 atom stereocenters. The van der Waals surface area contributed by atoms with E-state index in [9.17, 15) is 9.90 Å². The minimum Gasteiger partial charge on any atom is -0.493 e. The number of hydrogen-bond acceptors (Lipinski definition) is 3. The van der Waals surface area contributed by atoms with Gasteiger partial charge in [0.15, 0.2) is 0 Å². The van der Waals surface area contributed by atoms with E-state index >= 15 is 0 Å². The van der Waals surface area contributed by atoms with Gasteiger partial charge < -0.3 is 10.1 Å². The fraction of sp³-hybridized carbons (Fsp3) is 0.231. The number of rotatable bonds is 2. The molecule has 0 radical (unpaired) electrons. The Bertz CT molecular complexity index is 618. The lowest BCUT2D eigenvalue weighted by molar-refractivity contribution is 0.440. The Labute approximate surface area is 109 Å². The largest absolute Gasteiger partial charge is 0.493 e. The first kappa shape index (κ1) is 12.6. The number of hydrogen-bond donors (Lipinski definition) is 2. The SMILES string of the molecule is CC(C)c1c(O)nc(-c2ccc(Cl)cc2)[nH]c1=O. The van der Waals surface area contributed by atoms with Crippen LogP contribution < -0.4 is 5.56 Å². The Morgan fingerprint density at radius 2 is 1.89 bits per heavy atom. The summed E-state index contributed by atoms with van der Waals surface area (Å²) in [6.07, 6.45) is 0. The second-order valence-electron chi connectivity index (χ2n) is 4.31. The van der Waals surface area contributed by atoms with Crippen LogP contribution in [0.1, 0.15) is 25.3 Å². The van der Waals surface area contributed by atoms with Gasteiger partial charge in [-0.25, -0.2) is 0 Å². The van der Waals surface area contributed by atoms with Gasteiger partial charge in [0.05, 0.1) is 5.56 Å². The number of benzene rings is 1. The van der Waals surface area contributed by atoms with Crippen molar-refractivity contribution in [1.82, 2.24) is 9.97 Å². The predicted octanol–water partition coefficient (Wildman–Crippen LogP) is 2.92. The van der Waals surface area contributed by atoms with Gasteiger partial charge in [-0.1, -0.05) is 25.4 Å². The number of aromatic amines is 1. The fourth-order valence-corrected chi connectivity index (χ4v) is 1.86. The van der Waals surface area contributed by atoms with E-state index in [0.717, 1.165) is 0 Å². The quantitative estimate of drug-likeness (QED) is 0.876. The summed E-state index contributed by atoms with van der Waals surface area (Å²) in [5.41, 5.74) is 0.678. The van der Waals surface area contributed by atoms with Gasteiger partial charge in [0.2, 0.25) is 5.88 Å². The van der Waals surface area contributed by atoms with Crippen LogP contribution in [0.2, 0.25) is 5.02 Å². The van der Waals surface area contributed by atoms with Crippen LogP contribution in [-0.2, 0) is 0 Å². The monoisotopic (exact) mass is 264 g/mol. The number of aromatic hydroxyl groups is 1. The van der Waals surface area contributed by atoms with Gasteiger partial charge in [-0.05, 0) is 30.2 Å². The Kier molecular flexibility index (Phi) is 3.39. The highest BCUT2D eigenvalue weighted by Gasteiger charge is 2.14. The highest BCUT2D eigenvalue weighted by atomic mass is 35.5. The summed E-state index contributed by atoms with van der Waals surface area (Å²) >= 11 is 5.79. The van der Waals surface area contributed by atoms with E-state index in [4.69, 9.17) is 11.6 Å². The molecule has 0 amide bonds. The molecular weight excluding hydrogens is 252 g/mol. The summed E-state index contributed by atoms with van der Waals surface area (Å²) < 4.78 is 0. The maximum absolute atomic E-state index is 11.9. The third-order valence-electron chi connectivity index (χ3n) is 2.63. The first-order chi connectivity index (χ1) is 8.49. The zero-order valence-corrected chi connectivity index (χ0v) is 10.8. The molecule has 94 valence electrons. The van der Waals surface area contributed by atoms with Crippen molar-refractivity contribution in [2.45, 2.75) is 19.8 Å². The van der Waals surface area contributed by atoms with E-state index in [-0.39, 0.29) is 17.4 Å². The van der Waals surface area contributed by atoms with Gasteiger partial charge in [-0.2, -0.15) is 4.98 Å². The van der Waals surface area contributed by atoms with Gasteiger partial charge in [-0.3, -0.25) is 4.79 Å². The summed E-state index contributed by atoms with van der Waals surface area (Å²) in [7, 11) is 0. The second-order valence-corrected chi connectivity index (χ2v) is 4.75. The third-order valence-corrected chi connectivity index (χ3v) is 2.88. The fourth-order valence-electron chi connectivity index (χ4n) is 1.74. The van der Waals surface area contributed by atoms with Crippen molar-refractivity contribution in [2.75, 3.05) is 0 Å². The average molecular weight is 265 g/mol. The lowest BCUT2D eigenvalue weighted by atomic mass is 10.1. The highest BCUT2D eigenvalue weighted by Crippen LogP contribution is 2.23. The van der Waals surface area contributed by atoms with Gasteiger partial charge in [0.25, 0.3) is 5.56 Å². The first-order valence-electron chi connectivity index (χ1n) is 5.58. The summed E-state index contributed by atoms with van der Waals surface area (Å²) in [5, 5.41) is 10.4. The molecular formula is C13H13ClN2O2. The van der Waals surface area contributed by atoms with Crippen LogP contribution in [-0.4, -0.2) is 15.1 Å². The molecule has 4 nitrogen and oxygen atoms in total. The van der Waals surface area contributed by atoms with Crippen LogP contribution in [0.4, 0.5) is 0 Å². The second kappa shape index (κ2) is 4.82. The Morgan fingerprint density at radius 1 is 1.28 bits per heavy atom. The molecule has 5 heteroatoms. The molecule has 0 aliphatic carbocycles. The van der Waals surface area contributed by atoms with Gasteiger partial charge in [0.1, 0.15) is 5.82 Å². The zero-order chi connectivity index (χ0) is 13.3. The standard InChI is InChI=1S/C13H13ClN2O2/c1-7(2)10-12(17)15-11(16-13(10)18)8-3-5-9(14)6-4-8/h3-7H,1-2H3,(H2,15,16,17,18). The van der Waals surface area contributed by atoms with Crippen molar-refractivity contribution >= 4 is 11.6 Å². The van der Waals surface area contributed by atoms with E-state index in [1.165, 1.54) is 0 Å². The van der Waals surface area contributed by atoms with E-state index in [2.05, 4.69) is 9.97 Å². The van der Waals surface area contributed by atoms with Crippen LogP contribution in [0.5, 0.6) is 5.88 Å². The van der Waals surface area contributed by atoms with Crippen LogP contribution in [0.25, 0.3) is 11.4 Å². The topological polar surface area (TPSA) is 66.0 Å². The van der Waals surface area contributed by atoms with Gasteiger partial charge >= 0.3 is 0 Å². The molecule has 0 fully saturated rings. The summed E-state index contributed by atoms with van der Waals surface area (Å²) in [6, 6.07) is 6.86. The molecule has 0 aliphatic heterocycles. The number of nitrogens with zero attached hydrogens (tertiary/aromatic N) is 1. The molecule has 2 N–H and O–H groups in total. The van der Waals surface area contributed by atoms with Crippen LogP contribution in [0, 0.1) is 0 Å². The smallest absolute Gasteiger partial charge is 0.258 e. The number of H-pyrrole nitrogens is 1. The molecule has 1 aromatic heterocycles. The Balaban J connectivity index is 2.55. The van der Waals surface area contributed by atoms with Gasteiger partial charge in [-0.15, -0.1) is 0 Å². The molecule has 2 rings (SSSR count). The Morgan fingerprint density at radius 3 is 2.39 bits per heavy atom. The molecule has 1 heterocycles. The van der Waals surface area contributed by atoms with Crippen LogP contribution in [0.3, 0.4) is 0 Å². The van der Waals surface area contributed by atoms with Gasteiger partial charge in [0, 0.05) is 10.6 Å². The van der Waals surface area contributed by atoms with Crippen molar-refractivity contribution in [1.29, 1.82) is 0 Å². The molecule has 0 bridgehead atoms. The van der Waals surface area contributed by atoms with Crippen molar-refractivity contribution in [3.05, 3.63) is 45.2 Å². The molecule has 0 spiro atoms. The third kappa shape index (κ3) is 2.38. The first-order valence-corrected chi connectivity index (χ1v) is 5.96. The van der Waals surface area contributed by atoms with Crippen molar-refractivity contribution < 1.29 is 5.11 Å². The molecule has 0 saturated carbocycles. The van der Waals surface area contributed by atoms with E-state index < -0.39 is 0 Å². The number of aromatic nitrogens is 2. The maximum Gasteiger partial charge on any atom is 0.258 e. The normalized spacial score (nSPS) is 10.9. The minimum atomic E-state index is -0.317. The number of halogens is 1. The lowest BCUT2D eigenvalue weighted by Crippen LogP contribution is -2.16. The van der Waals surface area contributed by atoms with Crippen molar-refractivity contribution in [3.8, 4) is 17.3 Å². The highest BCUT2D eigenvalue weighted by molar-refractivity contribution is 6.30. The number of nitrogens with one attached hydrogen (secondary N) is 1. The molecule has 0 saturated heterocycles. The molecule has 0 aliphatic rings. The lowest BCUT2D eigenvalue weighted by Gasteiger charge is -2.08. The summed E-state index contributed by atoms with van der Waals surface area (Å²) in [5.74, 6) is 0.0257. The predicted molar refractivity (Wildman–Crippen MR) is 71.1 cm³/mol. The summed E-state index contributed by atoms with van der Waals surface area (Å²) in [4.78, 5) is 18.5. The van der Waals surface area contributed by atoms with Crippen LogP contribution >= 0.6 is 11.6 Å². The molecule has 0 unspecified atom stereocenters. The van der Waals surface area contributed by atoms with Crippen molar-refractivity contribution in [2.24, 2.45) is 0 Å². The van der Waals surface area contributed by atoms with E-state index in [1.807, 2.05) is 13.8 Å². The van der Waals surface area contributed by atoms with Crippen LogP contribution in [0.15, 0.2) is 29.1 Å². The molecule has 18 heavy (non-hydrogen) atoms.